The van der Waals surface area contributed by atoms with Gasteiger partial charge in [-0.2, -0.15) is 0 Å². The number of carbonyl (C=O) groups excluding carboxylic acids is 1. The van der Waals surface area contributed by atoms with E-state index in [-0.39, 0.29) is 11.9 Å². The molecule has 1 rings (SSSR count). The van der Waals surface area contributed by atoms with Crippen LogP contribution in [0, 0.1) is 11.8 Å². The Hall–Kier alpha value is -0.830. The van der Waals surface area contributed by atoms with Crippen LogP contribution >= 0.6 is 0 Å². The second-order valence-corrected chi connectivity index (χ2v) is 5.13. The normalized spacial score (nSPS) is 22.1. The highest BCUT2D eigenvalue weighted by Gasteiger charge is 2.16. The average Bonchev–Trinajstić information content (AvgIpc) is 2.26. The van der Waals surface area contributed by atoms with E-state index in [2.05, 4.69) is 31.3 Å². The quantitative estimate of drug-likeness (QED) is 0.700. The summed E-state index contributed by atoms with van der Waals surface area (Å²) in [6.45, 7) is 4.94. The molecule has 0 aromatic carbocycles. The molecular formula is C13H24N2O. The van der Waals surface area contributed by atoms with E-state index in [0.29, 0.717) is 11.8 Å². The summed E-state index contributed by atoms with van der Waals surface area (Å²) in [5, 5.41) is 2.96. The summed E-state index contributed by atoms with van der Waals surface area (Å²) in [7, 11) is 0. The lowest BCUT2D eigenvalue weighted by Gasteiger charge is -2.20. The molecule has 3 nitrogen and oxygen atoms in total. The van der Waals surface area contributed by atoms with E-state index < -0.39 is 0 Å². The molecule has 0 aliphatic heterocycles. The minimum absolute atomic E-state index is 0.00301. The van der Waals surface area contributed by atoms with Crippen molar-refractivity contribution in [2.75, 3.05) is 6.54 Å². The molecule has 1 unspecified atom stereocenters. The van der Waals surface area contributed by atoms with E-state index in [4.69, 9.17) is 5.73 Å². The molecule has 0 spiro atoms. The zero-order valence-electron chi connectivity index (χ0n) is 10.4. The Morgan fingerprint density at radius 1 is 1.50 bits per heavy atom. The molecule has 16 heavy (non-hydrogen) atoms. The number of nitrogens with one attached hydrogen (secondary N) is 1. The van der Waals surface area contributed by atoms with Gasteiger partial charge in [-0.3, -0.25) is 4.79 Å². The largest absolute Gasteiger partial charge is 0.354 e. The minimum atomic E-state index is -0.348. The maximum atomic E-state index is 11.7. The van der Waals surface area contributed by atoms with Gasteiger partial charge in [0.05, 0.1) is 6.04 Å². The fourth-order valence-corrected chi connectivity index (χ4v) is 2.03. The van der Waals surface area contributed by atoms with Crippen molar-refractivity contribution in [1.29, 1.82) is 0 Å². The maximum Gasteiger partial charge on any atom is 0.236 e. The van der Waals surface area contributed by atoms with E-state index in [9.17, 15) is 4.79 Å². The van der Waals surface area contributed by atoms with Crippen molar-refractivity contribution in [2.24, 2.45) is 17.6 Å². The summed E-state index contributed by atoms with van der Waals surface area (Å²) < 4.78 is 0. The third kappa shape index (κ3) is 4.79. The SMILES string of the molecule is CC(C)C[C@H](N)C(=O)NCC1CC=CCC1. The van der Waals surface area contributed by atoms with Crippen LogP contribution in [-0.4, -0.2) is 18.5 Å². The van der Waals surface area contributed by atoms with Gasteiger partial charge in [-0.1, -0.05) is 26.0 Å². The van der Waals surface area contributed by atoms with Crippen LogP contribution in [0.1, 0.15) is 39.5 Å². The number of carbonyl (C=O) groups is 1. The summed E-state index contributed by atoms with van der Waals surface area (Å²) in [4.78, 5) is 11.7. The number of allylic oxidation sites excluding steroid dienone is 2. The van der Waals surface area contributed by atoms with Crippen molar-refractivity contribution in [3.63, 3.8) is 0 Å². The van der Waals surface area contributed by atoms with Gasteiger partial charge in [-0.15, -0.1) is 0 Å². The lowest BCUT2D eigenvalue weighted by Crippen LogP contribution is -2.43. The molecule has 0 bridgehead atoms. The smallest absolute Gasteiger partial charge is 0.236 e. The first-order chi connectivity index (χ1) is 7.59. The van der Waals surface area contributed by atoms with Crippen LogP contribution in [0.2, 0.25) is 0 Å². The Bertz CT molecular complexity index is 248. The van der Waals surface area contributed by atoms with Gasteiger partial charge in [0.2, 0.25) is 5.91 Å². The molecule has 3 heteroatoms. The Balaban J connectivity index is 2.21. The molecule has 2 atom stereocenters. The molecule has 0 saturated heterocycles. The molecule has 1 amide bonds. The van der Waals surface area contributed by atoms with Gasteiger partial charge < -0.3 is 11.1 Å². The second-order valence-electron chi connectivity index (χ2n) is 5.13. The summed E-state index contributed by atoms with van der Waals surface area (Å²) in [6, 6.07) is -0.348. The van der Waals surface area contributed by atoms with Crippen molar-refractivity contribution in [1.82, 2.24) is 5.32 Å². The lowest BCUT2D eigenvalue weighted by molar-refractivity contribution is -0.122. The van der Waals surface area contributed by atoms with Crippen LogP contribution in [0.5, 0.6) is 0 Å². The van der Waals surface area contributed by atoms with E-state index in [1.54, 1.807) is 0 Å². The number of nitrogens with two attached hydrogens (primary N) is 1. The molecule has 0 fully saturated rings. The molecule has 0 saturated carbocycles. The van der Waals surface area contributed by atoms with Crippen LogP contribution in [0.15, 0.2) is 12.2 Å². The predicted molar refractivity (Wildman–Crippen MR) is 66.9 cm³/mol. The fraction of sp³-hybridized carbons (Fsp3) is 0.769. The van der Waals surface area contributed by atoms with Gasteiger partial charge in [-0.25, -0.2) is 0 Å². The van der Waals surface area contributed by atoms with Crippen molar-refractivity contribution < 1.29 is 4.79 Å². The van der Waals surface area contributed by atoms with Crippen molar-refractivity contribution >= 4 is 5.91 Å². The number of hydrogen-bond acceptors (Lipinski definition) is 2. The van der Waals surface area contributed by atoms with Gasteiger partial charge in [0.1, 0.15) is 0 Å². The Morgan fingerprint density at radius 3 is 2.81 bits per heavy atom. The van der Waals surface area contributed by atoms with Crippen molar-refractivity contribution in [2.45, 2.75) is 45.6 Å². The third-order valence-corrected chi connectivity index (χ3v) is 3.00. The first-order valence-corrected chi connectivity index (χ1v) is 6.28. The minimum Gasteiger partial charge on any atom is -0.354 e. The van der Waals surface area contributed by atoms with Gasteiger partial charge in [0.15, 0.2) is 0 Å². The van der Waals surface area contributed by atoms with Gasteiger partial charge in [0, 0.05) is 6.54 Å². The number of hydrogen-bond donors (Lipinski definition) is 2. The lowest BCUT2D eigenvalue weighted by atomic mass is 9.94. The van der Waals surface area contributed by atoms with E-state index in [1.807, 2.05) is 0 Å². The molecule has 0 aromatic rings. The molecule has 3 N–H and O–H groups in total. The summed E-state index contributed by atoms with van der Waals surface area (Å²) in [5.41, 5.74) is 5.81. The third-order valence-electron chi connectivity index (χ3n) is 3.00. The number of rotatable bonds is 5. The van der Waals surface area contributed by atoms with Crippen LogP contribution in [0.3, 0.4) is 0 Å². The zero-order chi connectivity index (χ0) is 12.0. The van der Waals surface area contributed by atoms with Crippen LogP contribution in [-0.2, 0) is 4.79 Å². The van der Waals surface area contributed by atoms with E-state index in [0.717, 1.165) is 25.8 Å². The number of amides is 1. The van der Waals surface area contributed by atoms with Crippen LogP contribution in [0.25, 0.3) is 0 Å². The summed E-state index contributed by atoms with van der Waals surface area (Å²) in [6.07, 6.45) is 8.57. The molecule has 0 radical (unpaired) electrons. The highest BCUT2D eigenvalue weighted by Crippen LogP contribution is 2.16. The average molecular weight is 224 g/mol. The molecule has 0 aromatic heterocycles. The van der Waals surface area contributed by atoms with E-state index in [1.165, 1.54) is 6.42 Å². The maximum absolute atomic E-state index is 11.7. The van der Waals surface area contributed by atoms with Crippen molar-refractivity contribution in [3.05, 3.63) is 12.2 Å². The molecule has 1 aliphatic carbocycles. The zero-order valence-corrected chi connectivity index (χ0v) is 10.4. The monoisotopic (exact) mass is 224 g/mol. The Kier molecular flexibility index (Phi) is 5.53. The molecular weight excluding hydrogens is 200 g/mol. The molecule has 0 heterocycles. The van der Waals surface area contributed by atoms with Crippen LogP contribution < -0.4 is 11.1 Å². The first-order valence-electron chi connectivity index (χ1n) is 6.28. The standard InChI is InChI=1S/C13H24N2O/c1-10(2)8-12(14)13(16)15-9-11-6-4-3-5-7-11/h3-4,10-12H,5-9,14H2,1-2H3,(H,15,16)/t11?,12-/m0/s1. The van der Waals surface area contributed by atoms with Crippen LogP contribution in [0.4, 0.5) is 0 Å². The Labute approximate surface area is 98.5 Å². The van der Waals surface area contributed by atoms with Gasteiger partial charge in [0.25, 0.3) is 0 Å². The van der Waals surface area contributed by atoms with Crippen molar-refractivity contribution in [3.8, 4) is 0 Å². The highest BCUT2D eigenvalue weighted by atomic mass is 16.2. The van der Waals surface area contributed by atoms with Gasteiger partial charge >= 0.3 is 0 Å². The molecule has 92 valence electrons. The second kappa shape index (κ2) is 6.69. The first kappa shape index (κ1) is 13.2. The summed E-state index contributed by atoms with van der Waals surface area (Å²) in [5.74, 6) is 1.07. The Morgan fingerprint density at radius 2 is 2.25 bits per heavy atom. The predicted octanol–water partition coefficient (Wildman–Crippen LogP) is 1.83. The molecule has 1 aliphatic rings. The summed E-state index contributed by atoms with van der Waals surface area (Å²) >= 11 is 0. The van der Waals surface area contributed by atoms with Gasteiger partial charge in [-0.05, 0) is 37.5 Å². The highest BCUT2D eigenvalue weighted by molar-refractivity contribution is 5.81. The van der Waals surface area contributed by atoms with E-state index >= 15 is 0 Å². The fourth-order valence-electron chi connectivity index (χ4n) is 2.03. The topological polar surface area (TPSA) is 55.1 Å².